The lowest BCUT2D eigenvalue weighted by Gasteiger charge is -2.22. The van der Waals surface area contributed by atoms with E-state index in [4.69, 9.17) is 4.42 Å². The fourth-order valence-electron chi connectivity index (χ4n) is 3.36. The Morgan fingerprint density at radius 1 is 1.27 bits per heavy atom. The molecule has 164 valence electrons. The minimum Gasteiger partial charge on any atom is -0.466 e. The largest absolute Gasteiger partial charge is 0.466 e. The summed E-state index contributed by atoms with van der Waals surface area (Å²) in [5, 5.41) is 17.0. The van der Waals surface area contributed by atoms with E-state index in [2.05, 4.69) is 21.7 Å². The van der Waals surface area contributed by atoms with Gasteiger partial charge in [-0.15, -0.1) is 24.0 Å². The minimum absolute atomic E-state index is 0. The summed E-state index contributed by atoms with van der Waals surface area (Å²) in [6, 6.07) is 11.7. The van der Waals surface area contributed by atoms with Crippen LogP contribution in [0.5, 0.6) is 0 Å². The van der Waals surface area contributed by atoms with Crippen LogP contribution in [0.4, 0.5) is 0 Å². The predicted molar refractivity (Wildman–Crippen MR) is 128 cm³/mol. The number of nitrogens with zero attached hydrogens (tertiary/aromatic N) is 2. The molecule has 1 amide bonds. The molecule has 1 aliphatic heterocycles. The van der Waals surface area contributed by atoms with Crippen LogP contribution in [0.25, 0.3) is 0 Å². The zero-order valence-electron chi connectivity index (χ0n) is 17.6. The fourth-order valence-corrected chi connectivity index (χ4v) is 3.36. The fraction of sp³-hybridized carbons (Fsp3) is 0.455. The maximum atomic E-state index is 11.8. The molecule has 8 heteroatoms. The molecule has 1 unspecified atom stereocenters. The highest BCUT2D eigenvalue weighted by Gasteiger charge is 2.26. The molecule has 3 rings (SSSR count). The topological polar surface area (TPSA) is 90.1 Å². The Labute approximate surface area is 195 Å². The molecule has 1 aromatic heterocycles. The predicted octanol–water partition coefficient (Wildman–Crippen LogP) is 2.98. The van der Waals surface area contributed by atoms with Gasteiger partial charge in [0.15, 0.2) is 5.96 Å². The molecule has 0 spiro atoms. The first-order valence-electron chi connectivity index (χ1n) is 10.1. The van der Waals surface area contributed by atoms with E-state index in [1.807, 2.05) is 30.0 Å². The van der Waals surface area contributed by atoms with Crippen molar-refractivity contribution in [2.75, 3.05) is 19.6 Å². The van der Waals surface area contributed by atoms with Gasteiger partial charge in [-0.25, -0.2) is 4.99 Å². The molecule has 0 saturated carbocycles. The average molecular weight is 526 g/mol. The molecule has 1 saturated heterocycles. The Hall–Kier alpha value is -2.07. The van der Waals surface area contributed by atoms with Crippen LogP contribution in [0, 0.1) is 0 Å². The highest BCUT2D eigenvalue weighted by molar-refractivity contribution is 14.0. The first kappa shape index (κ1) is 24.2. The third kappa shape index (κ3) is 6.73. The average Bonchev–Trinajstić information content (AvgIpc) is 3.37. The summed E-state index contributed by atoms with van der Waals surface area (Å²) in [6.45, 7) is 6.67. The van der Waals surface area contributed by atoms with Crippen LogP contribution >= 0.6 is 24.0 Å². The number of likely N-dealkylation sites (tertiary alicyclic amines) is 1. The van der Waals surface area contributed by atoms with Gasteiger partial charge in [-0.1, -0.05) is 24.3 Å². The van der Waals surface area contributed by atoms with Crippen LogP contribution in [0.1, 0.15) is 43.6 Å². The summed E-state index contributed by atoms with van der Waals surface area (Å²) in [5.41, 5.74) is 1.05. The molecule has 1 atom stereocenters. The van der Waals surface area contributed by atoms with Crippen molar-refractivity contribution in [2.24, 2.45) is 4.99 Å². The summed E-state index contributed by atoms with van der Waals surface area (Å²) in [5.74, 6) is 1.36. The van der Waals surface area contributed by atoms with Crippen molar-refractivity contribution < 1.29 is 14.3 Å². The molecule has 30 heavy (non-hydrogen) atoms. The van der Waals surface area contributed by atoms with E-state index in [1.165, 1.54) is 0 Å². The number of nitrogens with one attached hydrogen (secondary N) is 2. The number of guanidine groups is 1. The molecule has 0 aliphatic carbocycles. The van der Waals surface area contributed by atoms with E-state index in [0.717, 1.165) is 24.1 Å². The summed E-state index contributed by atoms with van der Waals surface area (Å²) < 4.78 is 5.32. The molecule has 3 N–H and O–H groups in total. The maximum Gasteiger partial charge on any atom is 0.222 e. The minimum atomic E-state index is -1.14. The molecular weight excluding hydrogens is 495 g/mol. The van der Waals surface area contributed by atoms with Gasteiger partial charge in [-0.2, -0.15) is 0 Å². The zero-order valence-corrected chi connectivity index (χ0v) is 19.9. The lowest BCUT2D eigenvalue weighted by atomic mass is 10.0. The van der Waals surface area contributed by atoms with Crippen molar-refractivity contribution in [2.45, 2.75) is 45.4 Å². The quantitative estimate of drug-likeness (QED) is 0.280. The first-order chi connectivity index (χ1) is 14.0. The van der Waals surface area contributed by atoms with Crippen LogP contribution in [-0.4, -0.2) is 41.5 Å². The molecule has 0 bridgehead atoms. The van der Waals surface area contributed by atoms with Crippen molar-refractivity contribution in [3.05, 3.63) is 59.5 Å². The van der Waals surface area contributed by atoms with Gasteiger partial charge in [0.05, 0.1) is 19.4 Å². The van der Waals surface area contributed by atoms with Crippen LogP contribution in [0.2, 0.25) is 0 Å². The van der Waals surface area contributed by atoms with Gasteiger partial charge in [0.2, 0.25) is 5.91 Å². The molecule has 1 aliphatic rings. The van der Waals surface area contributed by atoms with Crippen LogP contribution in [0.3, 0.4) is 0 Å². The van der Waals surface area contributed by atoms with E-state index in [1.54, 1.807) is 25.3 Å². The SMILES string of the molecule is CCNC(=NCc1cccc(CN2CCCC2=O)c1)NCC(C)(O)c1ccco1.I. The van der Waals surface area contributed by atoms with Crippen LogP contribution in [-0.2, 0) is 23.5 Å². The third-order valence-corrected chi connectivity index (χ3v) is 4.95. The van der Waals surface area contributed by atoms with Gasteiger partial charge >= 0.3 is 0 Å². The second kappa shape index (κ2) is 11.4. The molecule has 7 nitrogen and oxygen atoms in total. The number of amides is 1. The normalized spacial score (nSPS) is 16.2. The molecular formula is C22H31IN4O3. The second-order valence-corrected chi connectivity index (χ2v) is 7.54. The Kier molecular flexibility index (Phi) is 9.16. The number of benzene rings is 1. The summed E-state index contributed by atoms with van der Waals surface area (Å²) in [6.07, 6.45) is 3.15. The lowest BCUT2D eigenvalue weighted by molar-refractivity contribution is -0.128. The van der Waals surface area contributed by atoms with Crippen molar-refractivity contribution in [1.29, 1.82) is 0 Å². The number of halogens is 1. The Bertz CT molecular complexity index is 837. The first-order valence-corrected chi connectivity index (χ1v) is 10.1. The Morgan fingerprint density at radius 3 is 2.73 bits per heavy atom. The van der Waals surface area contributed by atoms with Gasteiger partial charge in [-0.3, -0.25) is 4.79 Å². The molecule has 2 aromatic rings. The van der Waals surface area contributed by atoms with E-state index in [0.29, 0.717) is 37.8 Å². The summed E-state index contributed by atoms with van der Waals surface area (Å²) in [4.78, 5) is 18.4. The lowest BCUT2D eigenvalue weighted by Crippen LogP contribution is -2.44. The van der Waals surface area contributed by atoms with E-state index < -0.39 is 5.60 Å². The monoisotopic (exact) mass is 526 g/mol. The Balaban J connectivity index is 0.00000320. The van der Waals surface area contributed by atoms with Crippen molar-refractivity contribution in [3.8, 4) is 0 Å². The number of furan rings is 1. The molecule has 0 radical (unpaired) electrons. The second-order valence-electron chi connectivity index (χ2n) is 7.54. The number of aliphatic hydroxyl groups is 1. The van der Waals surface area contributed by atoms with Gasteiger partial charge in [0.25, 0.3) is 0 Å². The standard InChI is InChI=1S/C22H30N4O3.HI/c1-3-23-21(25-16-22(2,28)19-9-6-12-29-19)24-14-17-7-4-8-18(13-17)15-26-11-5-10-20(26)27;/h4,6-9,12-13,28H,3,5,10-11,14-16H2,1-2H3,(H2,23,24,25);1H. The number of carbonyl (C=O) groups excluding carboxylic acids is 1. The van der Waals surface area contributed by atoms with Gasteiger partial charge < -0.3 is 25.1 Å². The smallest absolute Gasteiger partial charge is 0.222 e. The van der Waals surface area contributed by atoms with Gasteiger partial charge in [0.1, 0.15) is 11.4 Å². The number of hydrogen-bond donors (Lipinski definition) is 3. The van der Waals surface area contributed by atoms with Crippen molar-refractivity contribution in [1.82, 2.24) is 15.5 Å². The number of aliphatic imine (C=N–C) groups is 1. The van der Waals surface area contributed by atoms with Gasteiger partial charge in [-0.05, 0) is 43.5 Å². The summed E-state index contributed by atoms with van der Waals surface area (Å²) >= 11 is 0. The van der Waals surface area contributed by atoms with Crippen molar-refractivity contribution >= 4 is 35.8 Å². The Morgan fingerprint density at radius 2 is 2.07 bits per heavy atom. The van der Waals surface area contributed by atoms with E-state index in [-0.39, 0.29) is 36.4 Å². The highest BCUT2D eigenvalue weighted by Crippen LogP contribution is 2.20. The van der Waals surface area contributed by atoms with Crippen molar-refractivity contribution in [3.63, 3.8) is 0 Å². The zero-order chi connectivity index (χ0) is 20.7. The number of carbonyl (C=O) groups is 1. The highest BCUT2D eigenvalue weighted by atomic mass is 127. The summed E-state index contributed by atoms with van der Waals surface area (Å²) in [7, 11) is 0. The van der Waals surface area contributed by atoms with Crippen LogP contribution in [0.15, 0.2) is 52.1 Å². The molecule has 1 aromatic carbocycles. The van der Waals surface area contributed by atoms with E-state index >= 15 is 0 Å². The molecule has 2 heterocycles. The van der Waals surface area contributed by atoms with Gasteiger partial charge in [0, 0.05) is 26.1 Å². The third-order valence-electron chi connectivity index (χ3n) is 4.95. The molecule has 1 fully saturated rings. The van der Waals surface area contributed by atoms with Crippen LogP contribution < -0.4 is 10.6 Å². The number of rotatable bonds is 8. The maximum absolute atomic E-state index is 11.8. The van der Waals surface area contributed by atoms with E-state index in [9.17, 15) is 9.90 Å². The number of hydrogen-bond acceptors (Lipinski definition) is 4.